The molecule has 1 aliphatic heterocycles. The third-order valence-electron chi connectivity index (χ3n) is 3.32. The van der Waals surface area contributed by atoms with Crippen molar-refractivity contribution in [2.75, 3.05) is 0 Å². The van der Waals surface area contributed by atoms with Gasteiger partial charge in [0.25, 0.3) is 0 Å². The molecule has 5 heteroatoms. The van der Waals surface area contributed by atoms with E-state index < -0.39 is 0 Å². The molecule has 0 bridgehead atoms. The Kier molecular flexibility index (Phi) is 2.85. The Hall–Kier alpha value is -1.37. The maximum atomic E-state index is 11.9. The molecule has 0 spiro atoms. The number of H-pyrrole nitrogens is 1. The Morgan fingerprint density at radius 3 is 2.83 bits per heavy atom. The van der Waals surface area contributed by atoms with E-state index in [9.17, 15) is 9.59 Å². The molecule has 2 heterocycles. The van der Waals surface area contributed by atoms with Gasteiger partial charge >= 0.3 is 0 Å². The molecule has 2 amide bonds. The predicted octanol–water partition coefficient (Wildman–Crippen LogP) is 2.29. The molecule has 0 radical (unpaired) electrons. The van der Waals surface area contributed by atoms with Gasteiger partial charge in [0.15, 0.2) is 0 Å². The number of aromatic amines is 1. The SMILES string of the molecule is O=C1CCC(c2ccc(I)c3[nH]ccc23)C(=O)N1. The molecule has 0 saturated carbocycles. The molecule has 18 heavy (non-hydrogen) atoms. The lowest BCUT2D eigenvalue weighted by molar-refractivity contribution is -0.134. The van der Waals surface area contributed by atoms with E-state index in [4.69, 9.17) is 0 Å². The number of piperidine rings is 1. The van der Waals surface area contributed by atoms with E-state index in [1.807, 2.05) is 24.4 Å². The molecule has 1 fully saturated rings. The summed E-state index contributed by atoms with van der Waals surface area (Å²) in [7, 11) is 0. The number of hydrogen-bond donors (Lipinski definition) is 2. The highest BCUT2D eigenvalue weighted by atomic mass is 127. The Bertz CT molecular complexity index is 647. The summed E-state index contributed by atoms with van der Waals surface area (Å²) in [6, 6.07) is 5.97. The lowest BCUT2D eigenvalue weighted by Crippen LogP contribution is -2.39. The van der Waals surface area contributed by atoms with Crippen molar-refractivity contribution in [3.8, 4) is 0 Å². The third-order valence-corrected chi connectivity index (χ3v) is 4.22. The van der Waals surface area contributed by atoms with Gasteiger partial charge in [0.2, 0.25) is 11.8 Å². The topological polar surface area (TPSA) is 62.0 Å². The van der Waals surface area contributed by atoms with Gasteiger partial charge in [-0.3, -0.25) is 14.9 Å². The van der Waals surface area contributed by atoms with Crippen LogP contribution in [-0.4, -0.2) is 16.8 Å². The minimum Gasteiger partial charge on any atom is -0.360 e. The highest BCUT2D eigenvalue weighted by Gasteiger charge is 2.29. The van der Waals surface area contributed by atoms with Gasteiger partial charge in [-0.15, -0.1) is 0 Å². The second-order valence-corrected chi connectivity index (χ2v) is 5.57. The van der Waals surface area contributed by atoms with Crippen LogP contribution in [0.5, 0.6) is 0 Å². The Labute approximate surface area is 117 Å². The molecule has 1 aromatic carbocycles. The Balaban J connectivity index is 2.09. The van der Waals surface area contributed by atoms with Crippen molar-refractivity contribution in [2.45, 2.75) is 18.8 Å². The zero-order valence-electron chi connectivity index (χ0n) is 9.50. The molecule has 92 valence electrons. The molecular formula is C13H11IN2O2. The van der Waals surface area contributed by atoms with Crippen LogP contribution in [0.3, 0.4) is 0 Å². The number of carbonyl (C=O) groups excluding carboxylic acids is 2. The standard InChI is InChI=1S/C13H11IN2O2/c14-10-3-1-7(8-5-6-15-12(8)10)9-2-4-11(17)16-13(9)18/h1,3,5-6,9,15H,2,4H2,(H,16,17,18). The first kappa shape index (κ1) is 11.7. The fourth-order valence-corrected chi connectivity index (χ4v) is 3.06. The van der Waals surface area contributed by atoms with E-state index in [0.29, 0.717) is 12.8 Å². The summed E-state index contributed by atoms with van der Waals surface area (Å²) in [5.41, 5.74) is 2.05. The van der Waals surface area contributed by atoms with Gasteiger partial charge in [0.05, 0.1) is 11.4 Å². The van der Waals surface area contributed by atoms with Gasteiger partial charge < -0.3 is 4.98 Å². The number of halogens is 1. The monoisotopic (exact) mass is 354 g/mol. The van der Waals surface area contributed by atoms with E-state index in [0.717, 1.165) is 20.0 Å². The second kappa shape index (κ2) is 4.38. The molecule has 1 aliphatic rings. The van der Waals surface area contributed by atoms with E-state index in [-0.39, 0.29) is 17.7 Å². The van der Waals surface area contributed by atoms with Gasteiger partial charge in [-0.05, 0) is 46.7 Å². The first-order chi connectivity index (χ1) is 8.66. The van der Waals surface area contributed by atoms with Crippen molar-refractivity contribution in [3.63, 3.8) is 0 Å². The van der Waals surface area contributed by atoms with Crippen molar-refractivity contribution in [1.82, 2.24) is 10.3 Å². The van der Waals surface area contributed by atoms with Crippen molar-refractivity contribution in [2.24, 2.45) is 0 Å². The van der Waals surface area contributed by atoms with Crippen LogP contribution < -0.4 is 5.32 Å². The maximum Gasteiger partial charge on any atom is 0.234 e. The minimum atomic E-state index is -0.224. The number of hydrogen-bond acceptors (Lipinski definition) is 2. The largest absolute Gasteiger partial charge is 0.360 e. The van der Waals surface area contributed by atoms with Crippen molar-refractivity contribution >= 4 is 45.3 Å². The molecule has 0 aliphatic carbocycles. The number of aromatic nitrogens is 1. The van der Waals surface area contributed by atoms with Crippen molar-refractivity contribution < 1.29 is 9.59 Å². The van der Waals surface area contributed by atoms with E-state index in [2.05, 4.69) is 32.9 Å². The second-order valence-electron chi connectivity index (χ2n) is 4.41. The van der Waals surface area contributed by atoms with E-state index in [1.165, 1.54) is 0 Å². The first-order valence-electron chi connectivity index (χ1n) is 5.76. The molecule has 2 aromatic rings. The molecular weight excluding hydrogens is 343 g/mol. The van der Waals surface area contributed by atoms with Gasteiger partial charge in [-0.2, -0.15) is 0 Å². The van der Waals surface area contributed by atoms with E-state index >= 15 is 0 Å². The molecule has 1 saturated heterocycles. The maximum absolute atomic E-state index is 11.9. The fourth-order valence-electron chi connectivity index (χ4n) is 2.44. The van der Waals surface area contributed by atoms with Crippen LogP contribution in [0.2, 0.25) is 0 Å². The van der Waals surface area contributed by atoms with Crippen LogP contribution in [-0.2, 0) is 9.59 Å². The van der Waals surface area contributed by atoms with Crippen LogP contribution >= 0.6 is 22.6 Å². The minimum absolute atomic E-state index is 0.174. The molecule has 1 aromatic heterocycles. The normalized spacial score (nSPS) is 20.2. The summed E-state index contributed by atoms with van der Waals surface area (Å²) < 4.78 is 1.13. The average Bonchev–Trinajstić information content (AvgIpc) is 2.81. The number of carbonyl (C=O) groups is 2. The van der Waals surface area contributed by atoms with Crippen LogP contribution in [0.4, 0.5) is 0 Å². The highest BCUT2D eigenvalue weighted by Crippen LogP contribution is 2.32. The smallest absolute Gasteiger partial charge is 0.234 e. The molecule has 2 N–H and O–H groups in total. The number of fused-ring (bicyclic) bond motifs is 1. The number of amides is 2. The zero-order chi connectivity index (χ0) is 12.7. The van der Waals surface area contributed by atoms with E-state index in [1.54, 1.807) is 0 Å². The van der Waals surface area contributed by atoms with Crippen LogP contribution in [0, 0.1) is 3.57 Å². The summed E-state index contributed by atoms with van der Waals surface area (Å²) in [5.74, 6) is -0.583. The summed E-state index contributed by atoms with van der Waals surface area (Å²) in [6.45, 7) is 0. The number of benzene rings is 1. The van der Waals surface area contributed by atoms with Gasteiger partial charge in [-0.25, -0.2) is 0 Å². The van der Waals surface area contributed by atoms with Crippen molar-refractivity contribution in [1.29, 1.82) is 0 Å². The number of imide groups is 1. The molecule has 4 nitrogen and oxygen atoms in total. The summed E-state index contributed by atoms with van der Waals surface area (Å²) in [4.78, 5) is 26.3. The summed E-state index contributed by atoms with van der Waals surface area (Å²) in [6.07, 6.45) is 2.88. The number of nitrogens with one attached hydrogen (secondary N) is 2. The average molecular weight is 354 g/mol. The fraction of sp³-hybridized carbons (Fsp3) is 0.231. The zero-order valence-corrected chi connectivity index (χ0v) is 11.7. The predicted molar refractivity (Wildman–Crippen MR) is 76.1 cm³/mol. The first-order valence-corrected chi connectivity index (χ1v) is 6.84. The lowest BCUT2D eigenvalue weighted by Gasteiger charge is -2.21. The van der Waals surface area contributed by atoms with Gasteiger partial charge in [0.1, 0.15) is 0 Å². The molecule has 1 unspecified atom stereocenters. The summed E-state index contributed by atoms with van der Waals surface area (Å²) in [5, 5.41) is 3.48. The summed E-state index contributed by atoms with van der Waals surface area (Å²) >= 11 is 2.26. The highest BCUT2D eigenvalue weighted by molar-refractivity contribution is 14.1. The Morgan fingerprint density at radius 1 is 1.22 bits per heavy atom. The van der Waals surface area contributed by atoms with Gasteiger partial charge in [-0.1, -0.05) is 6.07 Å². The molecule has 1 atom stereocenters. The third kappa shape index (κ3) is 1.82. The van der Waals surface area contributed by atoms with Crippen molar-refractivity contribution in [3.05, 3.63) is 33.5 Å². The van der Waals surface area contributed by atoms with Crippen LogP contribution in [0.1, 0.15) is 24.3 Å². The lowest BCUT2D eigenvalue weighted by atomic mass is 9.88. The molecule has 3 rings (SSSR count). The van der Waals surface area contributed by atoms with Crippen LogP contribution in [0.15, 0.2) is 24.4 Å². The van der Waals surface area contributed by atoms with Gasteiger partial charge in [0, 0.05) is 21.6 Å². The van der Waals surface area contributed by atoms with Crippen LogP contribution in [0.25, 0.3) is 10.9 Å². The quantitative estimate of drug-likeness (QED) is 0.610. The number of rotatable bonds is 1. The Morgan fingerprint density at radius 2 is 2.06 bits per heavy atom.